The number of amides is 1. The van der Waals surface area contributed by atoms with Gasteiger partial charge in [0.1, 0.15) is 18.3 Å². The molecule has 1 fully saturated rings. The second-order valence-corrected chi connectivity index (χ2v) is 8.68. The zero-order valence-corrected chi connectivity index (χ0v) is 19.1. The number of tetrazole rings is 1. The molecule has 0 spiro atoms. The third-order valence-electron chi connectivity index (χ3n) is 6.18. The molecule has 1 saturated heterocycles. The Morgan fingerprint density at radius 1 is 1.31 bits per heavy atom. The highest BCUT2D eigenvalue weighted by molar-refractivity contribution is 5.84. The molecule has 1 aliphatic carbocycles. The first-order valence-corrected chi connectivity index (χ1v) is 11.4. The van der Waals surface area contributed by atoms with E-state index in [1.807, 2.05) is 6.92 Å². The number of likely N-dealkylation sites (tertiary alicyclic amines) is 1. The third kappa shape index (κ3) is 6.25. The molecule has 0 saturated carbocycles. The van der Waals surface area contributed by atoms with E-state index in [4.69, 9.17) is 0 Å². The van der Waals surface area contributed by atoms with E-state index in [0.717, 1.165) is 18.4 Å². The van der Waals surface area contributed by atoms with Crippen molar-refractivity contribution in [3.05, 3.63) is 53.9 Å². The molecule has 9 nitrogen and oxygen atoms in total. The quantitative estimate of drug-likeness (QED) is 0.612. The molecule has 35 heavy (non-hydrogen) atoms. The number of rotatable bonds is 7. The van der Waals surface area contributed by atoms with Gasteiger partial charge >= 0.3 is 6.36 Å². The fourth-order valence-corrected chi connectivity index (χ4v) is 4.59. The van der Waals surface area contributed by atoms with Gasteiger partial charge in [0.15, 0.2) is 0 Å². The lowest BCUT2D eigenvalue weighted by atomic mass is 9.90. The SMILES string of the molecule is CC1=C(c2ccccc2OC(F)(F)F)C=CC(NC(=O)C2CCCCN2C(O)Cn2cnnn2)C1. The summed E-state index contributed by atoms with van der Waals surface area (Å²) in [6.07, 6.45) is 1.96. The van der Waals surface area contributed by atoms with Crippen LogP contribution in [0, 0.1) is 0 Å². The summed E-state index contributed by atoms with van der Waals surface area (Å²) < 4.78 is 44.1. The minimum Gasteiger partial charge on any atom is -0.405 e. The molecule has 1 aliphatic heterocycles. The van der Waals surface area contributed by atoms with Crippen LogP contribution in [0.2, 0.25) is 0 Å². The van der Waals surface area contributed by atoms with Gasteiger partial charge in [0, 0.05) is 12.1 Å². The van der Waals surface area contributed by atoms with Crippen LogP contribution in [0.15, 0.2) is 48.3 Å². The van der Waals surface area contributed by atoms with Gasteiger partial charge in [0.2, 0.25) is 5.91 Å². The summed E-state index contributed by atoms with van der Waals surface area (Å²) in [5.74, 6) is -0.469. The second-order valence-electron chi connectivity index (χ2n) is 8.68. The number of aliphatic hydroxyl groups excluding tert-OH is 1. The smallest absolute Gasteiger partial charge is 0.405 e. The maximum Gasteiger partial charge on any atom is 0.573 e. The highest BCUT2D eigenvalue weighted by Crippen LogP contribution is 2.35. The molecule has 2 aromatic rings. The summed E-state index contributed by atoms with van der Waals surface area (Å²) in [7, 11) is 0. The summed E-state index contributed by atoms with van der Waals surface area (Å²) in [4.78, 5) is 14.9. The predicted octanol–water partition coefficient (Wildman–Crippen LogP) is 2.66. The van der Waals surface area contributed by atoms with Crippen molar-refractivity contribution in [3.63, 3.8) is 0 Å². The van der Waals surface area contributed by atoms with Crippen molar-refractivity contribution in [2.45, 2.75) is 63.8 Å². The number of piperidine rings is 1. The Kier molecular flexibility index (Phi) is 7.51. The Labute approximate surface area is 200 Å². The molecule has 188 valence electrons. The number of hydrogen-bond acceptors (Lipinski definition) is 7. The van der Waals surface area contributed by atoms with E-state index in [0.29, 0.717) is 30.5 Å². The highest BCUT2D eigenvalue weighted by atomic mass is 19.4. The standard InChI is InChI=1S/C23H27F3N6O3/c1-15-12-16(9-10-17(15)18-6-2-3-8-20(18)35-23(24,25)26)28-22(34)19-7-4-5-11-32(19)21(33)13-31-14-27-29-30-31/h2-3,6,8-10,14,16,19,21,33H,4-5,7,11-13H2,1H3,(H,28,34). The van der Waals surface area contributed by atoms with Crippen molar-refractivity contribution < 1.29 is 27.8 Å². The molecule has 2 heterocycles. The lowest BCUT2D eigenvalue weighted by Crippen LogP contribution is -2.55. The van der Waals surface area contributed by atoms with Gasteiger partial charge in [0.05, 0.1) is 18.6 Å². The molecule has 0 bridgehead atoms. The van der Waals surface area contributed by atoms with Crippen LogP contribution in [0.1, 0.15) is 38.2 Å². The van der Waals surface area contributed by atoms with E-state index in [1.165, 1.54) is 23.1 Å². The van der Waals surface area contributed by atoms with Crippen LogP contribution in [0.5, 0.6) is 5.75 Å². The number of nitrogens with zero attached hydrogens (tertiary/aromatic N) is 5. The molecule has 2 N–H and O–H groups in total. The van der Waals surface area contributed by atoms with E-state index < -0.39 is 18.6 Å². The summed E-state index contributed by atoms with van der Waals surface area (Å²) in [6, 6.07) is 5.18. The van der Waals surface area contributed by atoms with Crippen LogP contribution < -0.4 is 10.1 Å². The topological polar surface area (TPSA) is 105 Å². The number of halogens is 3. The number of aliphatic hydroxyl groups is 1. The number of hydrogen-bond donors (Lipinski definition) is 2. The van der Waals surface area contributed by atoms with Crippen LogP contribution in [0.25, 0.3) is 5.57 Å². The number of alkyl halides is 3. The Morgan fingerprint density at radius 3 is 2.83 bits per heavy atom. The summed E-state index contributed by atoms with van der Waals surface area (Å²) in [5.41, 5.74) is 1.80. The summed E-state index contributed by atoms with van der Waals surface area (Å²) in [5, 5.41) is 24.6. The lowest BCUT2D eigenvalue weighted by Gasteiger charge is -2.38. The van der Waals surface area contributed by atoms with Crippen molar-refractivity contribution in [1.29, 1.82) is 0 Å². The van der Waals surface area contributed by atoms with Crippen molar-refractivity contribution in [2.24, 2.45) is 0 Å². The minimum absolute atomic E-state index is 0.144. The Morgan fingerprint density at radius 2 is 2.11 bits per heavy atom. The van der Waals surface area contributed by atoms with Crippen LogP contribution in [0.3, 0.4) is 0 Å². The van der Waals surface area contributed by atoms with E-state index >= 15 is 0 Å². The Bertz CT molecular complexity index is 1090. The van der Waals surface area contributed by atoms with Crippen molar-refractivity contribution in [3.8, 4) is 5.75 Å². The monoisotopic (exact) mass is 492 g/mol. The number of carbonyl (C=O) groups excluding carboxylic acids is 1. The van der Waals surface area contributed by atoms with Crippen molar-refractivity contribution >= 4 is 11.5 Å². The zero-order chi connectivity index (χ0) is 25.0. The first-order chi connectivity index (χ1) is 16.7. The maximum atomic E-state index is 13.1. The maximum absolute atomic E-state index is 13.1. The van der Waals surface area contributed by atoms with Gasteiger partial charge < -0.3 is 15.2 Å². The third-order valence-corrected chi connectivity index (χ3v) is 6.18. The molecular weight excluding hydrogens is 465 g/mol. The molecule has 3 unspecified atom stereocenters. The number of ether oxygens (including phenoxy) is 1. The van der Waals surface area contributed by atoms with Gasteiger partial charge in [0.25, 0.3) is 0 Å². The molecule has 1 amide bonds. The molecule has 0 radical (unpaired) electrons. The number of benzene rings is 1. The average Bonchev–Trinajstić information content (AvgIpc) is 3.32. The number of aromatic nitrogens is 4. The Hall–Kier alpha value is -3.25. The van der Waals surface area contributed by atoms with Gasteiger partial charge in [-0.25, -0.2) is 4.68 Å². The number of allylic oxidation sites excluding steroid dienone is 2. The van der Waals surface area contributed by atoms with Gasteiger partial charge in [-0.15, -0.1) is 18.3 Å². The fourth-order valence-electron chi connectivity index (χ4n) is 4.59. The summed E-state index contributed by atoms with van der Waals surface area (Å²) >= 11 is 0. The lowest BCUT2D eigenvalue weighted by molar-refractivity contribution is -0.274. The van der Waals surface area contributed by atoms with Crippen molar-refractivity contribution in [2.75, 3.05) is 6.54 Å². The number of para-hydroxylation sites is 1. The predicted molar refractivity (Wildman–Crippen MR) is 120 cm³/mol. The highest BCUT2D eigenvalue weighted by Gasteiger charge is 2.35. The first kappa shape index (κ1) is 24.9. The van der Waals surface area contributed by atoms with E-state index in [9.17, 15) is 23.1 Å². The fraction of sp³-hybridized carbons (Fsp3) is 0.478. The normalized spacial score (nSPS) is 22.2. The molecule has 1 aromatic carbocycles. The van der Waals surface area contributed by atoms with E-state index in [1.54, 1.807) is 29.2 Å². The number of carbonyl (C=O) groups is 1. The number of nitrogens with one attached hydrogen (secondary N) is 1. The summed E-state index contributed by atoms with van der Waals surface area (Å²) in [6.45, 7) is 2.54. The molecular formula is C23H27F3N6O3. The Balaban J connectivity index is 1.42. The second kappa shape index (κ2) is 10.6. The molecule has 12 heteroatoms. The van der Waals surface area contributed by atoms with Crippen LogP contribution >= 0.6 is 0 Å². The van der Waals surface area contributed by atoms with Gasteiger partial charge in [-0.2, -0.15) is 0 Å². The van der Waals surface area contributed by atoms with E-state index in [2.05, 4.69) is 25.6 Å². The molecule has 2 aliphatic rings. The van der Waals surface area contributed by atoms with Gasteiger partial charge in [-0.05, 0) is 48.3 Å². The van der Waals surface area contributed by atoms with Gasteiger partial charge in [-0.3, -0.25) is 9.69 Å². The van der Waals surface area contributed by atoms with E-state index in [-0.39, 0.29) is 24.2 Å². The largest absolute Gasteiger partial charge is 0.573 e. The minimum atomic E-state index is -4.79. The van der Waals surface area contributed by atoms with Crippen LogP contribution in [-0.4, -0.2) is 67.3 Å². The average molecular weight is 493 g/mol. The zero-order valence-electron chi connectivity index (χ0n) is 19.1. The molecule has 4 rings (SSSR count). The molecule has 1 aromatic heterocycles. The first-order valence-electron chi connectivity index (χ1n) is 11.4. The van der Waals surface area contributed by atoms with Crippen LogP contribution in [0.4, 0.5) is 13.2 Å². The molecule has 3 atom stereocenters. The van der Waals surface area contributed by atoms with Gasteiger partial charge in [-0.1, -0.05) is 42.3 Å². The van der Waals surface area contributed by atoms with Crippen molar-refractivity contribution in [1.82, 2.24) is 30.4 Å². The van der Waals surface area contributed by atoms with Crippen LogP contribution in [-0.2, 0) is 11.3 Å².